The number of esters is 1. The topological polar surface area (TPSA) is 119 Å². The van der Waals surface area contributed by atoms with Gasteiger partial charge in [-0.15, -0.1) is 0 Å². The lowest BCUT2D eigenvalue weighted by molar-refractivity contribution is -0.147. The second-order valence-electron chi connectivity index (χ2n) is 15.4. The number of hydrogen-bond donors (Lipinski definition) is 3. The van der Waals surface area contributed by atoms with E-state index in [9.17, 15) is 19.5 Å². The molecule has 0 bridgehead atoms. The molecule has 0 radical (unpaired) electrons. The molecule has 0 saturated heterocycles. The van der Waals surface area contributed by atoms with Crippen molar-refractivity contribution in [2.75, 3.05) is 6.54 Å². The fourth-order valence-electron chi connectivity index (χ4n) is 6.59. The Kier molecular flexibility index (Phi) is 40.9. The molecule has 7 heteroatoms. The van der Waals surface area contributed by atoms with Crippen LogP contribution in [0.3, 0.4) is 0 Å². The summed E-state index contributed by atoms with van der Waals surface area (Å²) in [6.07, 6.45) is 54.4. The number of nitrogens with one attached hydrogen (secondary N) is 1. The van der Waals surface area contributed by atoms with Crippen LogP contribution >= 0.6 is 0 Å². The number of carboxylic acids is 1. The summed E-state index contributed by atoms with van der Waals surface area (Å²) >= 11 is 0. The van der Waals surface area contributed by atoms with E-state index >= 15 is 0 Å². The molecule has 322 valence electrons. The molecule has 2 unspecified atom stereocenters. The summed E-state index contributed by atoms with van der Waals surface area (Å²) in [6.45, 7) is 4.81. The third-order valence-electron chi connectivity index (χ3n) is 10.1. The molecule has 0 aliphatic rings. The minimum Gasteiger partial charge on any atom is -0.480 e. The Hall–Kier alpha value is -2.93. The molecule has 0 spiro atoms. The Labute approximate surface area is 344 Å². The molecule has 7 nitrogen and oxygen atoms in total. The highest BCUT2D eigenvalue weighted by Crippen LogP contribution is 2.16. The van der Waals surface area contributed by atoms with Crippen LogP contribution in [0.1, 0.15) is 213 Å². The zero-order chi connectivity index (χ0) is 41.0. The fourth-order valence-corrected chi connectivity index (χ4v) is 6.59. The SMILES string of the molecule is CC/C=C\C/C=C\C/C=C\C(CCCCCCCCC(=O)NC(CCCN)C(=O)O)OC(=O)CCCCCCCCCCC/C=C\C/C=C\CCCCCCC. The quantitative estimate of drug-likeness (QED) is 0.0323. The zero-order valence-electron chi connectivity index (χ0n) is 36.2. The number of amides is 1. The van der Waals surface area contributed by atoms with Gasteiger partial charge in [0.15, 0.2) is 0 Å². The summed E-state index contributed by atoms with van der Waals surface area (Å²) in [5.41, 5.74) is 5.48. The average molecular weight is 783 g/mol. The molecule has 0 fully saturated rings. The molecule has 0 saturated carbocycles. The van der Waals surface area contributed by atoms with Crippen LogP contribution in [0.4, 0.5) is 0 Å². The van der Waals surface area contributed by atoms with E-state index in [0.29, 0.717) is 32.2 Å². The molecule has 0 aromatic carbocycles. The first-order chi connectivity index (χ1) is 27.4. The van der Waals surface area contributed by atoms with E-state index in [-0.39, 0.29) is 18.0 Å². The summed E-state index contributed by atoms with van der Waals surface area (Å²) in [6, 6.07) is -0.860. The van der Waals surface area contributed by atoms with Gasteiger partial charge in [-0.05, 0) is 103 Å². The smallest absolute Gasteiger partial charge is 0.326 e. The van der Waals surface area contributed by atoms with Crippen LogP contribution in [0.5, 0.6) is 0 Å². The van der Waals surface area contributed by atoms with Crippen LogP contribution in [0, 0.1) is 0 Å². The normalized spacial score (nSPS) is 13.2. The summed E-state index contributed by atoms with van der Waals surface area (Å²) in [4.78, 5) is 36.3. The van der Waals surface area contributed by atoms with Gasteiger partial charge in [-0.3, -0.25) is 9.59 Å². The lowest BCUT2D eigenvalue weighted by Gasteiger charge is -2.15. The highest BCUT2D eigenvalue weighted by Gasteiger charge is 2.18. The number of unbranched alkanes of at least 4 members (excludes halogenated alkanes) is 19. The lowest BCUT2D eigenvalue weighted by Crippen LogP contribution is -2.40. The number of aliphatic carboxylic acids is 1. The van der Waals surface area contributed by atoms with Gasteiger partial charge < -0.3 is 20.9 Å². The largest absolute Gasteiger partial charge is 0.480 e. The van der Waals surface area contributed by atoms with E-state index in [1.54, 1.807) is 0 Å². The predicted molar refractivity (Wildman–Crippen MR) is 239 cm³/mol. The number of nitrogens with two attached hydrogens (primary N) is 1. The predicted octanol–water partition coefficient (Wildman–Crippen LogP) is 13.3. The van der Waals surface area contributed by atoms with Crippen LogP contribution in [0.15, 0.2) is 60.8 Å². The Balaban J connectivity index is 4.18. The fraction of sp³-hybridized carbons (Fsp3) is 0.735. The first-order valence-electron chi connectivity index (χ1n) is 23.1. The maximum Gasteiger partial charge on any atom is 0.326 e. The molecule has 0 aromatic rings. The van der Waals surface area contributed by atoms with E-state index in [1.807, 2.05) is 0 Å². The number of carbonyl (C=O) groups is 3. The van der Waals surface area contributed by atoms with Crippen molar-refractivity contribution in [3.05, 3.63) is 60.8 Å². The van der Waals surface area contributed by atoms with E-state index in [4.69, 9.17) is 10.5 Å². The van der Waals surface area contributed by atoms with Crippen LogP contribution in [0.25, 0.3) is 0 Å². The molecular weight excluding hydrogens is 697 g/mol. The van der Waals surface area contributed by atoms with Gasteiger partial charge in [0.05, 0.1) is 0 Å². The maximum atomic E-state index is 12.8. The van der Waals surface area contributed by atoms with Gasteiger partial charge in [0.1, 0.15) is 12.1 Å². The van der Waals surface area contributed by atoms with Gasteiger partial charge in [0.25, 0.3) is 0 Å². The molecule has 0 aliphatic heterocycles. The van der Waals surface area contributed by atoms with E-state index in [1.165, 1.54) is 89.9 Å². The van der Waals surface area contributed by atoms with E-state index < -0.39 is 12.0 Å². The van der Waals surface area contributed by atoms with E-state index in [0.717, 1.165) is 83.5 Å². The van der Waals surface area contributed by atoms with Gasteiger partial charge in [-0.25, -0.2) is 4.79 Å². The average Bonchev–Trinajstić information content (AvgIpc) is 3.18. The van der Waals surface area contributed by atoms with Crippen LogP contribution in [-0.2, 0) is 19.1 Å². The molecule has 2 atom stereocenters. The van der Waals surface area contributed by atoms with Gasteiger partial charge >= 0.3 is 11.9 Å². The monoisotopic (exact) mass is 783 g/mol. The zero-order valence-corrected chi connectivity index (χ0v) is 36.2. The molecule has 56 heavy (non-hydrogen) atoms. The first-order valence-corrected chi connectivity index (χ1v) is 23.1. The first kappa shape index (κ1) is 53.1. The van der Waals surface area contributed by atoms with Crippen molar-refractivity contribution in [1.82, 2.24) is 5.32 Å². The van der Waals surface area contributed by atoms with Crippen molar-refractivity contribution in [3.63, 3.8) is 0 Å². The second-order valence-corrected chi connectivity index (χ2v) is 15.4. The van der Waals surface area contributed by atoms with Crippen molar-refractivity contribution in [2.24, 2.45) is 5.73 Å². The molecule has 0 aromatic heterocycles. The van der Waals surface area contributed by atoms with Gasteiger partial charge in [0.2, 0.25) is 5.91 Å². The van der Waals surface area contributed by atoms with Crippen molar-refractivity contribution in [1.29, 1.82) is 0 Å². The second kappa shape index (κ2) is 43.2. The number of carbonyl (C=O) groups excluding carboxylic acids is 2. The summed E-state index contributed by atoms with van der Waals surface area (Å²) < 4.78 is 5.94. The van der Waals surface area contributed by atoms with Crippen LogP contribution in [0.2, 0.25) is 0 Å². The molecular formula is C49H86N2O5. The number of ether oxygens (including phenoxy) is 1. The molecule has 0 rings (SSSR count). The minimum absolute atomic E-state index is 0.0887. The van der Waals surface area contributed by atoms with E-state index in [2.05, 4.69) is 79.9 Å². The summed E-state index contributed by atoms with van der Waals surface area (Å²) in [5, 5.41) is 11.9. The van der Waals surface area contributed by atoms with Crippen LogP contribution < -0.4 is 11.1 Å². The third kappa shape index (κ3) is 39.3. The number of rotatable bonds is 41. The van der Waals surface area contributed by atoms with Crippen LogP contribution in [-0.4, -0.2) is 41.6 Å². The lowest BCUT2D eigenvalue weighted by atomic mass is 10.0. The molecule has 0 aliphatic carbocycles. The highest BCUT2D eigenvalue weighted by atomic mass is 16.5. The number of allylic oxidation sites excluding steroid dienone is 9. The van der Waals surface area contributed by atoms with Gasteiger partial charge in [0, 0.05) is 12.8 Å². The summed E-state index contributed by atoms with van der Waals surface area (Å²) in [5.74, 6) is -1.31. The molecule has 1 amide bonds. The number of carboxylic acid groups (broad SMARTS) is 1. The van der Waals surface area contributed by atoms with Gasteiger partial charge in [-0.1, -0.05) is 165 Å². The van der Waals surface area contributed by atoms with Crippen molar-refractivity contribution in [2.45, 2.75) is 225 Å². The minimum atomic E-state index is -1.01. The Morgan fingerprint density at radius 3 is 1.59 bits per heavy atom. The Morgan fingerprint density at radius 2 is 1.04 bits per heavy atom. The summed E-state index contributed by atoms with van der Waals surface area (Å²) in [7, 11) is 0. The Bertz CT molecular complexity index is 1060. The highest BCUT2D eigenvalue weighted by molar-refractivity contribution is 5.83. The molecule has 4 N–H and O–H groups in total. The van der Waals surface area contributed by atoms with Gasteiger partial charge in [-0.2, -0.15) is 0 Å². The molecule has 0 heterocycles. The van der Waals surface area contributed by atoms with Crippen molar-refractivity contribution >= 4 is 17.8 Å². The Morgan fingerprint density at radius 1 is 0.554 bits per heavy atom. The van der Waals surface area contributed by atoms with Crippen molar-refractivity contribution < 1.29 is 24.2 Å². The number of hydrogen-bond acceptors (Lipinski definition) is 5. The standard InChI is InChI=1S/C49H86N2O5/c1-3-5-7-9-11-13-14-15-16-17-18-19-20-21-22-23-24-25-27-33-37-43-48(53)56-45(39-34-30-26-12-10-8-6-4-2)40-35-31-28-29-32-36-42-47(52)51-46(49(54)55)41-38-44-50/h6,8,12,14-15,17-18,26,34,39,45-46H,3-5,7,9-11,13,16,19-25,27-33,35-38,40-44,50H2,1-2H3,(H,51,52)(H,54,55)/b8-6-,15-14-,18-17-,26-12-,39-34-. The van der Waals surface area contributed by atoms with Crippen molar-refractivity contribution in [3.8, 4) is 0 Å². The maximum absolute atomic E-state index is 12.8. The third-order valence-corrected chi connectivity index (χ3v) is 10.1.